The van der Waals surface area contributed by atoms with Gasteiger partial charge in [-0.1, -0.05) is 13.0 Å². The summed E-state index contributed by atoms with van der Waals surface area (Å²) in [4.78, 5) is 17.1. The molecule has 0 aromatic carbocycles. The van der Waals surface area contributed by atoms with Crippen molar-refractivity contribution < 1.29 is 4.74 Å². The lowest BCUT2D eigenvalue weighted by atomic mass is 9.99. The van der Waals surface area contributed by atoms with Crippen molar-refractivity contribution in [3.8, 4) is 0 Å². The standard InChI is InChI=1S/C23H38N6O/c1-3-24-23(29-11-8-21(18-29)27-12-14-30-15-13-27)26-17-20-4-5-22(25-16-20)28-9-6-19(2)7-10-28/h4-5,16,19,21H,3,6-15,17-18H2,1-2H3,(H,24,26). The summed E-state index contributed by atoms with van der Waals surface area (Å²) in [5.41, 5.74) is 1.17. The molecule has 1 aromatic heterocycles. The summed E-state index contributed by atoms with van der Waals surface area (Å²) in [6, 6.07) is 4.97. The van der Waals surface area contributed by atoms with Crippen molar-refractivity contribution in [1.29, 1.82) is 0 Å². The zero-order chi connectivity index (χ0) is 20.8. The van der Waals surface area contributed by atoms with E-state index in [1.165, 1.54) is 24.8 Å². The first kappa shape index (κ1) is 21.4. The van der Waals surface area contributed by atoms with Crippen molar-refractivity contribution in [2.45, 2.75) is 45.7 Å². The first-order chi connectivity index (χ1) is 14.7. The van der Waals surface area contributed by atoms with Gasteiger partial charge >= 0.3 is 0 Å². The zero-order valence-corrected chi connectivity index (χ0v) is 18.7. The van der Waals surface area contributed by atoms with Crippen molar-refractivity contribution in [2.75, 3.05) is 63.9 Å². The minimum Gasteiger partial charge on any atom is -0.379 e. The van der Waals surface area contributed by atoms with E-state index in [2.05, 4.69) is 46.0 Å². The van der Waals surface area contributed by atoms with E-state index >= 15 is 0 Å². The Morgan fingerprint density at radius 3 is 2.63 bits per heavy atom. The molecule has 3 aliphatic heterocycles. The fraction of sp³-hybridized carbons (Fsp3) is 0.739. The van der Waals surface area contributed by atoms with E-state index in [1.54, 1.807) is 0 Å². The number of anilines is 1. The first-order valence-corrected chi connectivity index (χ1v) is 11.8. The van der Waals surface area contributed by atoms with Gasteiger partial charge in [-0.05, 0) is 43.7 Å². The highest BCUT2D eigenvalue weighted by molar-refractivity contribution is 5.80. The molecule has 1 unspecified atom stereocenters. The van der Waals surface area contributed by atoms with Gasteiger partial charge in [-0.2, -0.15) is 0 Å². The molecule has 0 bridgehead atoms. The minimum absolute atomic E-state index is 0.617. The fourth-order valence-electron chi connectivity index (χ4n) is 4.70. The van der Waals surface area contributed by atoms with Gasteiger partial charge in [0.2, 0.25) is 0 Å². The van der Waals surface area contributed by atoms with Crippen LogP contribution in [-0.2, 0) is 11.3 Å². The van der Waals surface area contributed by atoms with E-state index in [4.69, 9.17) is 14.7 Å². The smallest absolute Gasteiger partial charge is 0.194 e. The number of rotatable bonds is 5. The molecule has 0 saturated carbocycles. The molecule has 0 spiro atoms. The summed E-state index contributed by atoms with van der Waals surface area (Å²) in [7, 11) is 0. The predicted octanol–water partition coefficient (Wildman–Crippen LogP) is 2.19. The van der Waals surface area contributed by atoms with Crippen LogP contribution in [0.25, 0.3) is 0 Å². The first-order valence-electron chi connectivity index (χ1n) is 11.8. The van der Waals surface area contributed by atoms with E-state index in [-0.39, 0.29) is 0 Å². The Hall–Kier alpha value is -1.86. The molecule has 0 radical (unpaired) electrons. The van der Waals surface area contributed by atoms with Crippen LogP contribution in [0.5, 0.6) is 0 Å². The molecule has 1 aromatic rings. The van der Waals surface area contributed by atoms with Crippen LogP contribution in [0.4, 0.5) is 5.82 Å². The number of morpholine rings is 1. The Labute approximate surface area is 181 Å². The maximum Gasteiger partial charge on any atom is 0.194 e. The highest BCUT2D eigenvalue weighted by atomic mass is 16.5. The summed E-state index contributed by atoms with van der Waals surface area (Å²) in [6.45, 7) is 14.3. The molecular formula is C23H38N6O. The van der Waals surface area contributed by atoms with E-state index in [1.807, 2.05) is 6.20 Å². The van der Waals surface area contributed by atoms with Crippen LogP contribution in [0.3, 0.4) is 0 Å². The minimum atomic E-state index is 0.617. The number of piperidine rings is 1. The maximum atomic E-state index is 5.51. The number of hydrogen-bond acceptors (Lipinski definition) is 5. The third kappa shape index (κ3) is 5.43. The molecule has 0 amide bonds. The summed E-state index contributed by atoms with van der Waals surface area (Å²) >= 11 is 0. The van der Waals surface area contributed by atoms with Gasteiger partial charge in [-0.15, -0.1) is 0 Å². The average molecular weight is 415 g/mol. The van der Waals surface area contributed by atoms with Crippen LogP contribution in [0.1, 0.15) is 38.7 Å². The van der Waals surface area contributed by atoms with E-state index in [9.17, 15) is 0 Å². The van der Waals surface area contributed by atoms with Crippen LogP contribution in [-0.4, -0.2) is 85.8 Å². The predicted molar refractivity (Wildman–Crippen MR) is 122 cm³/mol. The number of aliphatic imine (C=N–C) groups is 1. The molecule has 3 saturated heterocycles. The molecule has 1 atom stereocenters. The molecule has 30 heavy (non-hydrogen) atoms. The van der Waals surface area contributed by atoms with Gasteiger partial charge in [-0.25, -0.2) is 9.98 Å². The number of likely N-dealkylation sites (tertiary alicyclic amines) is 1. The van der Waals surface area contributed by atoms with Crippen LogP contribution in [0, 0.1) is 5.92 Å². The SMILES string of the molecule is CCNC(=NCc1ccc(N2CCC(C)CC2)nc1)N1CCC(N2CCOCC2)C1. The Morgan fingerprint density at radius 1 is 1.13 bits per heavy atom. The average Bonchev–Trinajstić information content (AvgIpc) is 3.28. The topological polar surface area (TPSA) is 56.2 Å². The normalized spacial score (nSPS) is 24.5. The molecule has 0 aliphatic carbocycles. The molecule has 3 aliphatic rings. The molecule has 4 rings (SSSR count). The van der Waals surface area contributed by atoms with Gasteiger partial charge in [0.05, 0.1) is 19.8 Å². The van der Waals surface area contributed by atoms with Crippen LogP contribution >= 0.6 is 0 Å². The van der Waals surface area contributed by atoms with Gasteiger partial charge in [-0.3, -0.25) is 4.90 Å². The van der Waals surface area contributed by atoms with Crippen LogP contribution in [0.15, 0.2) is 23.3 Å². The lowest BCUT2D eigenvalue weighted by Crippen LogP contribution is -2.46. The monoisotopic (exact) mass is 414 g/mol. The molecule has 3 fully saturated rings. The molecular weight excluding hydrogens is 376 g/mol. The second kappa shape index (κ2) is 10.4. The largest absolute Gasteiger partial charge is 0.379 e. The summed E-state index contributed by atoms with van der Waals surface area (Å²) in [5.74, 6) is 2.98. The maximum absolute atomic E-state index is 5.51. The van der Waals surface area contributed by atoms with Gasteiger partial charge in [0, 0.05) is 58.1 Å². The van der Waals surface area contributed by atoms with Gasteiger partial charge < -0.3 is 19.9 Å². The van der Waals surface area contributed by atoms with Crippen LogP contribution < -0.4 is 10.2 Å². The molecule has 7 nitrogen and oxygen atoms in total. The second-order valence-electron chi connectivity index (χ2n) is 8.90. The fourth-order valence-corrected chi connectivity index (χ4v) is 4.70. The lowest BCUT2D eigenvalue weighted by molar-refractivity contribution is 0.0195. The number of nitrogens with zero attached hydrogens (tertiary/aromatic N) is 5. The van der Waals surface area contributed by atoms with Gasteiger partial charge in [0.25, 0.3) is 0 Å². The summed E-state index contributed by atoms with van der Waals surface area (Å²) < 4.78 is 5.51. The number of ether oxygens (including phenoxy) is 1. The third-order valence-corrected chi connectivity index (χ3v) is 6.69. The van der Waals surface area contributed by atoms with E-state index < -0.39 is 0 Å². The highest BCUT2D eigenvalue weighted by Gasteiger charge is 2.30. The van der Waals surface area contributed by atoms with Crippen molar-refractivity contribution in [1.82, 2.24) is 20.1 Å². The Balaban J connectivity index is 1.33. The quantitative estimate of drug-likeness (QED) is 0.589. The molecule has 4 heterocycles. The Morgan fingerprint density at radius 2 is 1.93 bits per heavy atom. The Kier molecular flexibility index (Phi) is 7.44. The molecule has 7 heteroatoms. The van der Waals surface area contributed by atoms with E-state index in [0.29, 0.717) is 12.6 Å². The van der Waals surface area contributed by atoms with Gasteiger partial charge in [0.15, 0.2) is 5.96 Å². The van der Waals surface area contributed by atoms with Crippen molar-refractivity contribution in [3.05, 3.63) is 23.9 Å². The van der Waals surface area contributed by atoms with E-state index in [0.717, 1.165) is 76.7 Å². The number of pyridine rings is 1. The number of aromatic nitrogens is 1. The van der Waals surface area contributed by atoms with Crippen LogP contribution in [0.2, 0.25) is 0 Å². The number of guanidine groups is 1. The number of nitrogens with one attached hydrogen (secondary N) is 1. The summed E-state index contributed by atoms with van der Waals surface area (Å²) in [5, 5.41) is 3.49. The number of hydrogen-bond donors (Lipinski definition) is 1. The lowest BCUT2D eigenvalue weighted by Gasteiger charge is -2.32. The zero-order valence-electron chi connectivity index (χ0n) is 18.7. The second-order valence-corrected chi connectivity index (χ2v) is 8.90. The molecule has 1 N–H and O–H groups in total. The van der Waals surface area contributed by atoms with Crippen molar-refractivity contribution in [2.24, 2.45) is 10.9 Å². The van der Waals surface area contributed by atoms with Gasteiger partial charge in [0.1, 0.15) is 5.82 Å². The summed E-state index contributed by atoms with van der Waals surface area (Å²) in [6.07, 6.45) is 5.73. The Bertz CT molecular complexity index is 679. The molecule has 166 valence electrons. The van der Waals surface area contributed by atoms with Crippen molar-refractivity contribution >= 4 is 11.8 Å². The third-order valence-electron chi connectivity index (χ3n) is 6.69. The highest BCUT2D eigenvalue weighted by Crippen LogP contribution is 2.21. The van der Waals surface area contributed by atoms with Crippen molar-refractivity contribution in [3.63, 3.8) is 0 Å².